The molecule has 5 heterocycles. The predicted octanol–water partition coefficient (Wildman–Crippen LogP) is 5.04. The van der Waals surface area contributed by atoms with Gasteiger partial charge in [-0.3, -0.25) is 4.57 Å². The van der Waals surface area contributed by atoms with Gasteiger partial charge >= 0.3 is 13.7 Å². The van der Waals surface area contributed by atoms with Crippen molar-refractivity contribution in [2.45, 2.75) is 102 Å². The summed E-state index contributed by atoms with van der Waals surface area (Å²) in [6.07, 6.45) is 0.517. The fourth-order valence-electron chi connectivity index (χ4n) is 6.72. The minimum Gasteiger partial charge on any atom is -0.390 e. The number of carbonyl (C=O) groups is 1. The Hall–Kier alpha value is -4.02. The zero-order valence-electron chi connectivity index (χ0n) is 34.7. The molecule has 0 aliphatic carbocycles. The molecule has 6 rings (SSSR count). The Balaban J connectivity index is 1.31. The van der Waals surface area contributed by atoms with Gasteiger partial charge in [0.1, 0.15) is 23.7 Å². The van der Waals surface area contributed by atoms with Crippen molar-refractivity contribution < 1.29 is 51.6 Å². The average Bonchev–Trinajstić information content (AvgIpc) is 3.95. The van der Waals surface area contributed by atoms with E-state index in [1.54, 1.807) is 33.8 Å². The van der Waals surface area contributed by atoms with E-state index in [-0.39, 0.29) is 62.8 Å². The maximum Gasteiger partial charge on any atom is 0.411 e. The van der Waals surface area contributed by atoms with Crippen LogP contribution < -0.4 is 10.5 Å². The fourth-order valence-corrected chi connectivity index (χ4v) is 9.56. The third-order valence-electron chi connectivity index (χ3n) is 9.34. The number of fused-ring (bicyclic) bond motifs is 2. The first-order chi connectivity index (χ1) is 28.1. The second kappa shape index (κ2) is 18.7. The van der Waals surface area contributed by atoms with E-state index in [1.807, 2.05) is 36.4 Å². The molecule has 59 heavy (non-hydrogen) atoms. The normalized spacial score (nSPS) is 21.6. The van der Waals surface area contributed by atoms with Crippen LogP contribution in [0.2, 0.25) is 25.7 Å². The van der Waals surface area contributed by atoms with Gasteiger partial charge in [0.15, 0.2) is 41.4 Å². The third kappa shape index (κ3) is 10.7. The summed E-state index contributed by atoms with van der Waals surface area (Å²) in [5.41, 5.74) is 6.59. The third-order valence-corrected chi connectivity index (χ3v) is 13.7. The highest BCUT2D eigenvalue weighted by molar-refractivity contribution is 7.55. The number of hydrogen-bond donors (Lipinski definition) is 1. The first kappa shape index (κ1) is 44.5. The van der Waals surface area contributed by atoms with Crippen molar-refractivity contribution in [3.05, 3.63) is 53.7 Å². The van der Waals surface area contributed by atoms with Crippen LogP contribution in [0.1, 0.15) is 51.1 Å². The topological polar surface area (TPSA) is 230 Å². The van der Waals surface area contributed by atoms with Crippen molar-refractivity contribution in [3.63, 3.8) is 0 Å². The van der Waals surface area contributed by atoms with E-state index in [1.165, 1.54) is 22.8 Å². The van der Waals surface area contributed by atoms with Crippen LogP contribution in [0, 0.1) is 0 Å². The minimum absolute atomic E-state index is 0.0488. The van der Waals surface area contributed by atoms with Gasteiger partial charge in [-0.05, 0) is 50.6 Å². The van der Waals surface area contributed by atoms with Gasteiger partial charge < -0.3 is 47.9 Å². The van der Waals surface area contributed by atoms with E-state index in [9.17, 15) is 9.36 Å². The highest BCUT2D eigenvalue weighted by atomic mass is 31.2. The molecule has 4 aromatic rings. The van der Waals surface area contributed by atoms with E-state index in [4.69, 9.17) is 52.9 Å². The molecule has 2 fully saturated rings. The monoisotopic (exact) mass is 859 g/mol. The van der Waals surface area contributed by atoms with E-state index in [0.717, 1.165) is 11.6 Å². The number of nitrogens with two attached hydrogens (primary N) is 1. The first-order valence-corrected chi connectivity index (χ1v) is 24.7. The lowest BCUT2D eigenvalue weighted by molar-refractivity contribution is -0.207. The molecule has 322 valence electrons. The summed E-state index contributed by atoms with van der Waals surface area (Å²) in [4.78, 5) is 22.4. The number of benzene rings is 1. The molecule has 5 atom stereocenters. The van der Waals surface area contributed by atoms with Gasteiger partial charge in [0.25, 0.3) is 0 Å². The Kier molecular flexibility index (Phi) is 14.1. The fraction of sp³-hybridized carbons (Fsp3) is 0.595. The maximum absolute atomic E-state index is 14.8. The van der Waals surface area contributed by atoms with E-state index in [2.05, 4.69) is 45.1 Å². The highest BCUT2D eigenvalue weighted by Crippen LogP contribution is 2.62. The molecule has 1 amide bonds. The van der Waals surface area contributed by atoms with Crippen molar-refractivity contribution in [2.75, 3.05) is 40.1 Å². The highest BCUT2D eigenvalue weighted by Gasteiger charge is 2.59. The first-order valence-electron chi connectivity index (χ1n) is 19.4. The molecular weight excluding hydrogens is 806 g/mol. The Morgan fingerprint density at radius 1 is 1.07 bits per heavy atom. The number of aromatic nitrogens is 8. The largest absolute Gasteiger partial charge is 0.411 e. The van der Waals surface area contributed by atoms with Gasteiger partial charge in [-0.2, -0.15) is 10.1 Å². The summed E-state index contributed by atoms with van der Waals surface area (Å²) in [5, 5.41) is 16.0. The zero-order valence-corrected chi connectivity index (χ0v) is 36.6. The van der Waals surface area contributed by atoms with Crippen molar-refractivity contribution >= 4 is 44.9 Å². The molecule has 22 heteroatoms. The van der Waals surface area contributed by atoms with E-state index >= 15 is 0 Å². The van der Waals surface area contributed by atoms with E-state index in [0.29, 0.717) is 12.0 Å². The zero-order chi connectivity index (χ0) is 42.4. The van der Waals surface area contributed by atoms with Gasteiger partial charge in [-0.15, -0.1) is 15.0 Å². The maximum atomic E-state index is 14.8. The lowest BCUT2D eigenvalue weighted by atomic mass is 10.1. The minimum atomic E-state index is -4.15. The van der Waals surface area contributed by atoms with Crippen LogP contribution in [0.25, 0.3) is 23.2 Å². The van der Waals surface area contributed by atoms with Gasteiger partial charge in [-0.25, -0.2) is 14.5 Å². The number of ether oxygens (including phenoxy) is 7. The summed E-state index contributed by atoms with van der Waals surface area (Å²) < 4.78 is 71.0. The number of primary amides is 1. The molecule has 0 spiro atoms. The van der Waals surface area contributed by atoms with Gasteiger partial charge in [0.2, 0.25) is 5.88 Å². The van der Waals surface area contributed by atoms with Crippen LogP contribution in [0.3, 0.4) is 0 Å². The van der Waals surface area contributed by atoms with Crippen molar-refractivity contribution in [1.29, 1.82) is 0 Å². The molecule has 1 unspecified atom stereocenters. The van der Waals surface area contributed by atoms with Gasteiger partial charge in [0.05, 0.1) is 39.0 Å². The lowest BCUT2D eigenvalue weighted by Gasteiger charge is -2.38. The molecule has 0 saturated carbocycles. The Morgan fingerprint density at radius 2 is 1.80 bits per heavy atom. The number of methoxy groups -OCH3 is 1. The summed E-state index contributed by atoms with van der Waals surface area (Å²) in [5.74, 6) is -0.704. The quantitative estimate of drug-likeness (QED) is 0.0657. The van der Waals surface area contributed by atoms with E-state index < -0.39 is 57.4 Å². The average molecular weight is 860 g/mol. The van der Waals surface area contributed by atoms with Crippen molar-refractivity contribution in [2.24, 2.45) is 5.73 Å². The van der Waals surface area contributed by atoms with Crippen molar-refractivity contribution in [3.8, 4) is 5.88 Å². The molecule has 2 N–H and O–H groups in total. The number of carbonyl (C=O) groups excluding carboxylic acids is 1. The number of nitrogens with zero attached hydrogens (tertiary/aromatic N) is 8. The molecule has 2 aliphatic rings. The summed E-state index contributed by atoms with van der Waals surface area (Å²) in [6, 6.07) is 10.5. The second-order valence-electron chi connectivity index (χ2n) is 15.6. The van der Waals surface area contributed by atoms with Crippen molar-refractivity contribution in [1.82, 2.24) is 40.0 Å². The number of tetrazole rings is 1. The molecule has 0 bridgehead atoms. The Morgan fingerprint density at radius 3 is 2.47 bits per heavy atom. The summed E-state index contributed by atoms with van der Waals surface area (Å²) in [6.45, 7) is 14.1. The molecule has 3 aromatic heterocycles. The molecule has 2 aliphatic heterocycles. The number of hydrogen-bond acceptors (Lipinski definition) is 17. The van der Waals surface area contributed by atoms with Crippen LogP contribution in [0.4, 0.5) is 4.79 Å². The Labute approximate surface area is 343 Å². The smallest absolute Gasteiger partial charge is 0.390 e. The Bertz CT molecular complexity index is 2110. The molecule has 0 radical (unpaired) electrons. The number of rotatable bonds is 21. The SMILES string of the molecule is CCOP(=O)(OCC)[C@@](COC)(Cc1nnn(COCC[Si](C)(C)C)n1)OCC1O[C@@H](n2ncc3c(OC(N)=O)nc(/C=C/c4ccccc4)nc32)[C@@H]2OC(C)(C)O[C@H]12. The van der Waals surface area contributed by atoms with Crippen LogP contribution in [0.15, 0.2) is 36.5 Å². The molecule has 1 aromatic carbocycles. The van der Waals surface area contributed by atoms with Crippen LogP contribution in [0.5, 0.6) is 5.88 Å². The molecule has 2 saturated heterocycles. The van der Waals surface area contributed by atoms with Gasteiger partial charge in [0, 0.05) is 21.8 Å². The van der Waals surface area contributed by atoms with Crippen LogP contribution in [-0.4, -0.2) is 124 Å². The summed E-state index contributed by atoms with van der Waals surface area (Å²) >= 11 is 0. The van der Waals surface area contributed by atoms with Crippen LogP contribution in [-0.2, 0) is 55.2 Å². The van der Waals surface area contributed by atoms with Gasteiger partial charge in [-0.1, -0.05) is 56.0 Å². The molecular formula is C37H54N9O11PSi. The predicted molar refractivity (Wildman–Crippen MR) is 216 cm³/mol. The summed E-state index contributed by atoms with van der Waals surface area (Å²) in [7, 11) is -3.99. The standard InChI is InChI=1S/C37H54N9O11PSi/c1-9-52-58(48,53-10-2)37(23-49-5,20-29-42-44-45(43-29)24-50-18-19-59(6,7)8)51-22-27-30-31(57-36(3,4)56-30)34(54-27)46-32-26(21-39-46)33(55-35(38)47)41-28(40-32)17-16-25-14-12-11-13-15-25/h11-17,21,27,30-31,34H,9-10,18-20,22-24H2,1-8H3,(H2,38,47)/b17-16+/t27?,30-,31-,34-,37-/m1/s1. The molecule has 20 nitrogen and oxygen atoms in total. The second-order valence-corrected chi connectivity index (χ2v) is 23.6. The lowest BCUT2D eigenvalue weighted by Crippen LogP contribution is -2.45. The number of amides is 1. The van der Waals surface area contributed by atoms with Crippen LogP contribution >= 0.6 is 7.60 Å².